The van der Waals surface area contributed by atoms with E-state index in [-0.39, 0.29) is 11.1 Å². The van der Waals surface area contributed by atoms with E-state index in [9.17, 15) is 9.59 Å². The van der Waals surface area contributed by atoms with Crippen molar-refractivity contribution in [2.75, 3.05) is 21.3 Å². The van der Waals surface area contributed by atoms with Gasteiger partial charge in [0.25, 0.3) is 0 Å². The highest BCUT2D eigenvalue weighted by atomic mass is 16.5. The minimum Gasteiger partial charge on any atom is -0.497 e. The molecule has 2 aromatic rings. The summed E-state index contributed by atoms with van der Waals surface area (Å²) in [5, 5.41) is 0. The van der Waals surface area contributed by atoms with Crippen LogP contribution in [0.25, 0.3) is 0 Å². The molecule has 0 saturated carbocycles. The van der Waals surface area contributed by atoms with E-state index in [2.05, 4.69) is 0 Å². The molecule has 0 unspecified atom stereocenters. The highest BCUT2D eigenvalue weighted by Crippen LogP contribution is 2.28. The van der Waals surface area contributed by atoms with E-state index in [0.717, 1.165) is 0 Å². The molecule has 0 aromatic heterocycles. The zero-order valence-electron chi connectivity index (χ0n) is 12.6. The van der Waals surface area contributed by atoms with Crippen LogP contribution in [0.2, 0.25) is 0 Å². The van der Waals surface area contributed by atoms with Gasteiger partial charge in [-0.15, -0.1) is 0 Å². The molecule has 22 heavy (non-hydrogen) atoms. The van der Waals surface area contributed by atoms with Gasteiger partial charge in [-0.25, -0.2) is 0 Å². The van der Waals surface area contributed by atoms with Crippen LogP contribution in [-0.4, -0.2) is 32.9 Å². The summed E-state index contributed by atoms with van der Waals surface area (Å²) in [6, 6.07) is 11.1. The summed E-state index contributed by atoms with van der Waals surface area (Å²) >= 11 is 0. The number of carbonyl (C=O) groups is 2. The Balaban J connectivity index is 2.32. The molecule has 2 rings (SSSR count). The predicted octanol–water partition coefficient (Wildman–Crippen LogP) is 2.78. The maximum absolute atomic E-state index is 12.3. The Bertz CT molecular complexity index is 706. The summed E-state index contributed by atoms with van der Waals surface area (Å²) in [4.78, 5) is 24.6. The Hall–Kier alpha value is -2.82. The summed E-state index contributed by atoms with van der Waals surface area (Å²) in [5.74, 6) is 0.186. The lowest BCUT2D eigenvalue weighted by molar-refractivity contribution is 0.0816. The van der Waals surface area contributed by atoms with Crippen LogP contribution < -0.4 is 14.2 Å². The van der Waals surface area contributed by atoms with Crippen molar-refractivity contribution in [2.24, 2.45) is 0 Å². The lowest BCUT2D eigenvalue weighted by atomic mass is 10.0. The molecule has 0 amide bonds. The van der Waals surface area contributed by atoms with Gasteiger partial charge in [-0.05, 0) is 30.3 Å². The summed E-state index contributed by atoms with van der Waals surface area (Å²) in [6.45, 7) is 0. The average Bonchev–Trinajstić information content (AvgIpc) is 2.59. The fourth-order valence-corrected chi connectivity index (χ4v) is 2.00. The lowest BCUT2D eigenvalue weighted by Crippen LogP contribution is -2.14. The van der Waals surface area contributed by atoms with Crippen LogP contribution in [0.5, 0.6) is 17.2 Å². The number of hydrogen-bond acceptors (Lipinski definition) is 5. The van der Waals surface area contributed by atoms with Crippen molar-refractivity contribution in [3.05, 3.63) is 53.6 Å². The second-order valence-electron chi connectivity index (χ2n) is 4.46. The van der Waals surface area contributed by atoms with Gasteiger partial charge in [0.1, 0.15) is 5.75 Å². The van der Waals surface area contributed by atoms with Crippen molar-refractivity contribution in [1.29, 1.82) is 0 Å². The third-order valence-electron chi connectivity index (χ3n) is 3.18. The molecular weight excluding hydrogens is 284 g/mol. The quantitative estimate of drug-likeness (QED) is 0.606. The van der Waals surface area contributed by atoms with Gasteiger partial charge in [0, 0.05) is 11.1 Å². The van der Waals surface area contributed by atoms with Crippen molar-refractivity contribution in [3.63, 3.8) is 0 Å². The monoisotopic (exact) mass is 300 g/mol. The van der Waals surface area contributed by atoms with Crippen molar-refractivity contribution in [3.8, 4) is 17.2 Å². The molecule has 0 atom stereocenters. The molecule has 0 radical (unpaired) electrons. The molecule has 0 aliphatic rings. The first-order valence-corrected chi connectivity index (χ1v) is 6.55. The number of hydrogen-bond donors (Lipinski definition) is 0. The molecule has 0 N–H and O–H groups in total. The van der Waals surface area contributed by atoms with Crippen LogP contribution in [0.3, 0.4) is 0 Å². The van der Waals surface area contributed by atoms with Gasteiger partial charge in [0.2, 0.25) is 11.6 Å². The molecule has 0 heterocycles. The Morgan fingerprint density at radius 3 is 1.95 bits per heavy atom. The summed E-state index contributed by atoms with van der Waals surface area (Å²) in [6.07, 6.45) is 0. The molecular formula is C17H16O5. The van der Waals surface area contributed by atoms with E-state index in [1.807, 2.05) is 0 Å². The first-order valence-electron chi connectivity index (χ1n) is 6.55. The normalized spacial score (nSPS) is 9.95. The first-order chi connectivity index (χ1) is 10.6. The smallest absolute Gasteiger partial charge is 0.233 e. The fraction of sp³-hybridized carbons (Fsp3) is 0.176. The van der Waals surface area contributed by atoms with Crippen molar-refractivity contribution in [2.45, 2.75) is 0 Å². The largest absolute Gasteiger partial charge is 0.497 e. The van der Waals surface area contributed by atoms with Gasteiger partial charge in [-0.2, -0.15) is 0 Å². The molecule has 0 aliphatic carbocycles. The second-order valence-corrected chi connectivity index (χ2v) is 4.46. The Labute approximate surface area is 128 Å². The summed E-state index contributed by atoms with van der Waals surface area (Å²) < 4.78 is 15.3. The minimum atomic E-state index is -0.616. The topological polar surface area (TPSA) is 61.8 Å². The van der Waals surface area contributed by atoms with Gasteiger partial charge in [-0.1, -0.05) is 12.1 Å². The zero-order valence-corrected chi connectivity index (χ0v) is 12.6. The van der Waals surface area contributed by atoms with Crippen molar-refractivity contribution in [1.82, 2.24) is 0 Å². The minimum absolute atomic E-state index is 0.241. The molecule has 0 spiro atoms. The number of ketones is 2. The Kier molecular flexibility index (Phi) is 4.78. The van der Waals surface area contributed by atoms with E-state index in [0.29, 0.717) is 17.2 Å². The second kappa shape index (κ2) is 6.76. The van der Waals surface area contributed by atoms with Crippen LogP contribution in [0.15, 0.2) is 42.5 Å². The molecule has 2 aromatic carbocycles. The Morgan fingerprint density at radius 2 is 1.36 bits per heavy atom. The van der Waals surface area contributed by atoms with Crippen LogP contribution in [0.1, 0.15) is 20.7 Å². The van der Waals surface area contributed by atoms with Gasteiger partial charge >= 0.3 is 0 Å². The number of carbonyl (C=O) groups excluding carboxylic acids is 2. The standard InChI is InChI=1S/C17H16O5/c1-20-13-6-4-5-11(9-13)16(18)17(19)12-7-8-14(21-2)15(10-12)22-3/h4-10H,1-3H3. The van der Waals surface area contributed by atoms with Crippen LogP contribution in [0.4, 0.5) is 0 Å². The maximum Gasteiger partial charge on any atom is 0.233 e. The lowest BCUT2D eigenvalue weighted by Gasteiger charge is -2.09. The highest BCUT2D eigenvalue weighted by molar-refractivity contribution is 6.49. The Morgan fingerprint density at radius 1 is 0.727 bits per heavy atom. The molecule has 0 saturated heterocycles. The number of methoxy groups -OCH3 is 3. The van der Waals surface area contributed by atoms with Gasteiger partial charge in [0.15, 0.2) is 11.5 Å². The molecule has 0 bridgehead atoms. The number of rotatable bonds is 6. The third-order valence-corrected chi connectivity index (χ3v) is 3.18. The molecule has 5 nitrogen and oxygen atoms in total. The molecule has 0 fully saturated rings. The number of ether oxygens (including phenoxy) is 3. The number of benzene rings is 2. The predicted molar refractivity (Wildman–Crippen MR) is 81.2 cm³/mol. The molecule has 0 aliphatic heterocycles. The maximum atomic E-state index is 12.3. The van der Waals surface area contributed by atoms with Crippen LogP contribution in [-0.2, 0) is 0 Å². The zero-order chi connectivity index (χ0) is 16.1. The van der Waals surface area contributed by atoms with Crippen LogP contribution >= 0.6 is 0 Å². The highest BCUT2D eigenvalue weighted by Gasteiger charge is 2.20. The van der Waals surface area contributed by atoms with Crippen molar-refractivity contribution < 1.29 is 23.8 Å². The van der Waals surface area contributed by atoms with E-state index < -0.39 is 11.6 Å². The summed E-state index contributed by atoms with van der Waals surface area (Å²) in [7, 11) is 4.47. The molecule has 114 valence electrons. The van der Waals surface area contributed by atoms with E-state index in [1.54, 1.807) is 24.3 Å². The van der Waals surface area contributed by atoms with Crippen molar-refractivity contribution >= 4 is 11.6 Å². The van der Waals surface area contributed by atoms with E-state index in [4.69, 9.17) is 14.2 Å². The van der Waals surface area contributed by atoms with Gasteiger partial charge in [-0.3, -0.25) is 9.59 Å². The molecule has 5 heteroatoms. The van der Waals surface area contributed by atoms with E-state index in [1.165, 1.54) is 39.5 Å². The van der Waals surface area contributed by atoms with Gasteiger partial charge < -0.3 is 14.2 Å². The average molecular weight is 300 g/mol. The van der Waals surface area contributed by atoms with E-state index >= 15 is 0 Å². The van der Waals surface area contributed by atoms with Gasteiger partial charge in [0.05, 0.1) is 21.3 Å². The third kappa shape index (κ3) is 3.09. The summed E-state index contributed by atoms with van der Waals surface area (Å²) in [5.41, 5.74) is 0.518. The fourth-order valence-electron chi connectivity index (χ4n) is 2.00. The first kappa shape index (κ1) is 15.6. The van der Waals surface area contributed by atoms with Crippen LogP contribution in [0, 0.1) is 0 Å². The SMILES string of the molecule is COc1cccc(C(=O)C(=O)c2ccc(OC)c(OC)c2)c1. The number of Topliss-reactive ketones (excluding diaryl/α,β-unsaturated/α-hetero) is 2.